The molecule has 0 saturated carbocycles. The molecule has 3 rings (SSSR count). The number of para-hydroxylation sites is 1. The molecule has 0 radical (unpaired) electrons. The molecule has 6 heteroatoms. The molecule has 142 valence electrons. The van der Waals surface area contributed by atoms with Crippen molar-refractivity contribution in [1.82, 2.24) is 4.90 Å². The van der Waals surface area contributed by atoms with Crippen LogP contribution in [0.25, 0.3) is 0 Å². The third-order valence-corrected chi connectivity index (χ3v) is 4.54. The maximum absolute atomic E-state index is 12.8. The molecular weight excluding hydrogens is 356 g/mol. The standard InChI is InChI=1S/C22H20N2O4/c1-16(18-7-6-8-19(15-18)24(26)27)23(2)22(25)17-11-13-21(14-12-17)28-20-9-4-3-5-10-20/h3-16H,1-2H3/t16-/m0/s1. The van der Waals surface area contributed by atoms with Gasteiger partial charge >= 0.3 is 0 Å². The fraction of sp³-hybridized carbons (Fsp3) is 0.136. The van der Waals surface area contributed by atoms with Crippen molar-refractivity contribution in [2.24, 2.45) is 0 Å². The van der Waals surface area contributed by atoms with Gasteiger partial charge < -0.3 is 9.64 Å². The van der Waals surface area contributed by atoms with E-state index in [1.807, 2.05) is 37.3 Å². The molecule has 0 saturated heterocycles. The molecule has 0 bridgehead atoms. The second kappa shape index (κ2) is 8.35. The van der Waals surface area contributed by atoms with Crippen LogP contribution >= 0.6 is 0 Å². The number of carbonyl (C=O) groups excluding carboxylic acids is 1. The molecule has 28 heavy (non-hydrogen) atoms. The number of nitro groups is 1. The molecule has 3 aromatic carbocycles. The summed E-state index contributed by atoms with van der Waals surface area (Å²) in [5, 5.41) is 11.0. The van der Waals surface area contributed by atoms with Crippen LogP contribution in [0, 0.1) is 10.1 Å². The van der Waals surface area contributed by atoms with Crippen LogP contribution in [-0.2, 0) is 0 Å². The zero-order valence-corrected chi connectivity index (χ0v) is 15.6. The average Bonchev–Trinajstić information content (AvgIpc) is 2.73. The van der Waals surface area contributed by atoms with Gasteiger partial charge in [0.15, 0.2) is 0 Å². The summed E-state index contributed by atoms with van der Waals surface area (Å²) >= 11 is 0. The molecule has 1 amide bonds. The van der Waals surface area contributed by atoms with E-state index >= 15 is 0 Å². The molecule has 0 heterocycles. The minimum Gasteiger partial charge on any atom is -0.457 e. The van der Waals surface area contributed by atoms with Crippen LogP contribution < -0.4 is 4.74 Å². The molecule has 3 aromatic rings. The third kappa shape index (κ3) is 4.35. The van der Waals surface area contributed by atoms with Gasteiger partial charge in [-0.3, -0.25) is 14.9 Å². The number of hydrogen-bond donors (Lipinski definition) is 0. The Balaban J connectivity index is 1.72. The summed E-state index contributed by atoms with van der Waals surface area (Å²) in [6, 6.07) is 22.3. The first kappa shape index (κ1) is 19.1. The van der Waals surface area contributed by atoms with E-state index in [2.05, 4.69) is 0 Å². The zero-order chi connectivity index (χ0) is 20.1. The molecule has 0 fully saturated rings. The van der Waals surface area contributed by atoms with Crippen molar-refractivity contribution in [3.63, 3.8) is 0 Å². The molecule has 0 aliphatic rings. The van der Waals surface area contributed by atoms with E-state index in [9.17, 15) is 14.9 Å². The van der Waals surface area contributed by atoms with Gasteiger partial charge in [-0.2, -0.15) is 0 Å². The van der Waals surface area contributed by atoms with Crippen LogP contribution in [0.5, 0.6) is 11.5 Å². The van der Waals surface area contributed by atoms with E-state index in [0.717, 1.165) is 5.75 Å². The lowest BCUT2D eigenvalue weighted by Crippen LogP contribution is -2.29. The highest BCUT2D eigenvalue weighted by atomic mass is 16.6. The Hall–Kier alpha value is -3.67. The predicted octanol–water partition coefficient (Wildman–Crippen LogP) is 5.22. The van der Waals surface area contributed by atoms with Crippen LogP contribution in [0.1, 0.15) is 28.9 Å². The Morgan fingerprint density at radius 1 is 0.964 bits per heavy atom. The highest BCUT2D eigenvalue weighted by Gasteiger charge is 2.20. The second-order valence-corrected chi connectivity index (χ2v) is 6.38. The number of hydrogen-bond acceptors (Lipinski definition) is 4. The third-order valence-electron chi connectivity index (χ3n) is 4.54. The maximum atomic E-state index is 12.8. The fourth-order valence-electron chi connectivity index (χ4n) is 2.79. The largest absolute Gasteiger partial charge is 0.457 e. The Bertz CT molecular complexity index is 971. The summed E-state index contributed by atoms with van der Waals surface area (Å²) in [5.74, 6) is 1.18. The number of benzene rings is 3. The average molecular weight is 376 g/mol. The normalized spacial score (nSPS) is 11.5. The van der Waals surface area contributed by atoms with Crippen molar-refractivity contribution in [3.05, 3.63) is 100 Å². The maximum Gasteiger partial charge on any atom is 0.269 e. The first-order chi connectivity index (χ1) is 13.5. The quantitative estimate of drug-likeness (QED) is 0.437. The predicted molar refractivity (Wildman–Crippen MR) is 107 cm³/mol. The van der Waals surface area contributed by atoms with E-state index in [0.29, 0.717) is 16.9 Å². The van der Waals surface area contributed by atoms with E-state index in [-0.39, 0.29) is 17.6 Å². The van der Waals surface area contributed by atoms with E-state index in [4.69, 9.17) is 4.74 Å². The Kier molecular flexibility index (Phi) is 5.69. The van der Waals surface area contributed by atoms with Crippen LogP contribution in [-0.4, -0.2) is 22.8 Å². The second-order valence-electron chi connectivity index (χ2n) is 6.38. The number of carbonyl (C=O) groups is 1. The smallest absolute Gasteiger partial charge is 0.269 e. The molecule has 0 aliphatic carbocycles. The minimum absolute atomic E-state index is 0.00705. The molecule has 0 spiro atoms. The highest BCUT2D eigenvalue weighted by Crippen LogP contribution is 2.26. The fourth-order valence-corrected chi connectivity index (χ4v) is 2.79. The molecule has 0 aromatic heterocycles. The SMILES string of the molecule is C[C@@H](c1cccc([N+](=O)[O-])c1)N(C)C(=O)c1ccc(Oc2ccccc2)cc1. The minimum atomic E-state index is -0.441. The van der Waals surface area contributed by atoms with Crippen LogP contribution in [0.3, 0.4) is 0 Å². The lowest BCUT2D eigenvalue weighted by Gasteiger charge is -2.25. The number of non-ortho nitro benzene ring substituents is 1. The number of amides is 1. The van der Waals surface area contributed by atoms with Gasteiger partial charge in [0, 0.05) is 24.7 Å². The van der Waals surface area contributed by atoms with Crippen LogP contribution in [0.15, 0.2) is 78.9 Å². The lowest BCUT2D eigenvalue weighted by atomic mass is 10.1. The van der Waals surface area contributed by atoms with Crippen molar-refractivity contribution < 1.29 is 14.5 Å². The molecule has 0 unspecified atom stereocenters. The summed E-state index contributed by atoms with van der Waals surface area (Å²) in [7, 11) is 1.68. The van der Waals surface area contributed by atoms with Gasteiger partial charge in [-0.15, -0.1) is 0 Å². The summed E-state index contributed by atoms with van der Waals surface area (Å²) in [4.78, 5) is 24.9. The summed E-state index contributed by atoms with van der Waals surface area (Å²) in [6.45, 7) is 1.84. The van der Waals surface area contributed by atoms with Gasteiger partial charge in [-0.25, -0.2) is 0 Å². The topological polar surface area (TPSA) is 72.7 Å². The van der Waals surface area contributed by atoms with Crippen molar-refractivity contribution in [1.29, 1.82) is 0 Å². The number of ether oxygens (including phenoxy) is 1. The zero-order valence-electron chi connectivity index (χ0n) is 15.6. The molecule has 1 atom stereocenters. The van der Waals surface area contributed by atoms with Gasteiger partial charge in [0.25, 0.3) is 11.6 Å². The Morgan fingerprint density at radius 2 is 1.61 bits per heavy atom. The highest BCUT2D eigenvalue weighted by molar-refractivity contribution is 5.94. The van der Waals surface area contributed by atoms with Crippen molar-refractivity contribution in [2.45, 2.75) is 13.0 Å². The van der Waals surface area contributed by atoms with Gasteiger partial charge in [0.1, 0.15) is 11.5 Å². The van der Waals surface area contributed by atoms with Crippen LogP contribution in [0.4, 0.5) is 5.69 Å². The van der Waals surface area contributed by atoms with Crippen LogP contribution in [0.2, 0.25) is 0 Å². The Morgan fingerprint density at radius 3 is 2.25 bits per heavy atom. The van der Waals surface area contributed by atoms with Crippen molar-refractivity contribution >= 4 is 11.6 Å². The van der Waals surface area contributed by atoms with E-state index < -0.39 is 4.92 Å². The lowest BCUT2D eigenvalue weighted by molar-refractivity contribution is -0.384. The van der Waals surface area contributed by atoms with Gasteiger partial charge in [0.05, 0.1) is 11.0 Å². The summed E-state index contributed by atoms with van der Waals surface area (Å²) < 4.78 is 5.74. The molecule has 0 aliphatic heterocycles. The summed E-state index contributed by atoms with van der Waals surface area (Å²) in [6.07, 6.45) is 0. The Labute approximate surface area is 163 Å². The number of rotatable bonds is 6. The van der Waals surface area contributed by atoms with Crippen molar-refractivity contribution in [3.8, 4) is 11.5 Å². The first-order valence-corrected chi connectivity index (χ1v) is 8.80. The van der Waals surface area contributed by atoms with E-state index in [1.165, 1.54) is 12.1 Å². The monoisotopic (exact) mass is 376 g/mol. The van der Waals surface area contributed by atoms with E-state index in [1.54, 1.807) is 48.3 Å². The molecule has 0 N–H and O–H groups in total. The van der Waals surface area contributed by atoms with Gasteiger partial charge in [0.2, 0.25) is 0 Å². The number of nitrogens with zero attached hydrogens (tertiary/aromatic N) is 2. The van der Waals surface area contributed by atoms with Crippen molar-refractivity contribution in [2.75, 3.05) is 7.05 Å². The molecule has 6 nitrogen and oxygen atoms in total. The van der Waals surface area contributed by atoms with Gasteiger partial charge in [-0.05, 0) is 48.9 Å². The molecular formula is C22H20N2O4. The summed E-state index contributed by atoms with van der Waals surface area (Å²) in [5.41, 5.74) is 1.22. The first-order valence-electron chi connectivity index (χ1n) is 8.80. The number of nitro benzene ring substituents is 1. The van der Waals surface area contributed by atoms with Gasteiger partial charge in [-0.1, -0.05) is 30.3 Å².